The number of carbonyl (C=O) groups excluding carboxylic acids is 1. The molecular weight excluding hydrogens is 262 g/mol. The Morgan fingerprint density at radius 3 is 2.38 bits per heavy atom. The molecule has 0 unspecified atom stereocenters. The Kier molecular flexibility index (Phi) is 4.63. The van der Waals surface area contributed by atoms with Gasteiger partial charge in [-0.3, -0.25) is 4.79 Å². The predicted octanol–water partition coefficient (Wildman–Crippen LogP) is 3.75. The summed E-state index contributed by atoms with van der Waals surface area (Å²) < 4.78 is 0. The van der Waals surface area contributed by atoms with Crippen LogP contribution in [0.15, 0.2) is 48.5 Å². The van der Waals surface area contributed by atoms with Crippen molar-refractivity contribution in [3.8, 4) is 5.75 Å². The van der Waals surface area contributed by atoms with E-state index in [9.17, 15) is 9.90 Å². The fourth-order valence-corrected chi connectivity index (χ4v) is 2.25. The second kappa shape index (κ2) is 6.44. The Morgan fingerprint density at radius 1 is 1.14 bits per heavy atom. The Bertz CT molecular complexity index is 620. The first kappa shape index (κ1) is 15.1. The molecule has 3 heteroatoms. The van der Waals surface area contributed by atoms with E-state index in [1.54, 1.807) is 17.0 Å². The molecule has 0 atom stereocenters. The van der Waals surface area contributed by atoms with Gasteiger partial charge in [0, 0.05) is 12.6 Å². The lowest BCUT2D eigenvalue weighted by Crippen LogP contribution is -2.36. The van der Waals surface area contributed by atoms with Crippen LogP contribution in [-0.4, -0.2) is 22.0 Å². The minimum atomic E-state index is -0.147. The van der Waals surface area contributed by atoms with E-state index in [1.165, 1.54) is 0 Å². The molecule has 0 bridgehead atoms. The summed E-state index contributed by atoms with van der Waals surface area (Å²) >= 11 is 0. The number of nitrogens with zero attached hydrogens (tertiary/aromatic N) is 1. The molecule has 2 aromatic rings. The van der Waals surface area contributed by atoms with E-state index in [-0.39, 0.29) is 17.7 Å². The number of aryl methyl sites for hydroxylation is 1. The molecule has 21 heavy (non-hydrogen) atoms. The molecule has 0 aromatic heterocycles. The van der Waals surface area contributed by atoms with Gasteiger partial charge in [-0.1, -0.05) is 36.4 Å². The quantitative estimate of drug-likeness (QED) is 0.928. The first-order chi connectivity index (χ1) is 9.99. The summed E-state index contributed by atoms with van der Waals surface area (Å²) in [6.07, 6.45) is 0. The van der Waals surface area contributed by atoms with Gasteiger partial charge in [0.1, 0.15) is 5.75 Å². The van der Waals surface area contributed by atoms with Gasteiger partial charge in [-0.05, 0) is 44.0 Å². The molecule has 0 aliphatic heterocycles. The number of rotatable bonds is 4. The Balaban J connectivity index is 2.27. The van der Waals surface area contributed by atoms with Crippen LogP contribution < -0.4 is 0 Å². The summed E-state index contributed by atoms with van der Waals surface area (Å²) in [6, 6.07) is 15.1. The van der Waals surface area contributed by atoms with E-state index < -0.39 is 0 Å². The molecule has 0 saturated carbocycles. The van der Waals surface area contributed by atoms with Crippen LogP contribution in [0, 0.1) is 6.92 Å². The van der Waals surface area contributed by atoms with Crippen molar-refractivity contribution in [2.45, 2.75) is 33.4 Å². The minimum Gasteiger partial charge on any atom is -0.507 e. The third-order valence-electron chi connectivity index (χ3n) is 3.46. The van der Waals surface area contributed by atoms with Crippen LogP contribution in [0.1, 0.15) is 35.3 Å². The van der Waals surface area contributed by atoms with E-state index in [0.29, 0.717) is 12.1 Å². The number of hydrogen-bond acceptors (Lipinski definition) is 2. The largest absolute Gasteiger partial charge is 0.507 e. The lowest BCUT2D eigenvalue weighted by atomic mass is 10.1. The number of benzene rings is 2. The number of aromatic hydroxyl groups is 1. The average Bonchev–Trinajstić information content (AvgIpc) is 2.45. The summed E-state index contributed by atoms with van der Waals surface area (Å²) in [4.78, 5) is 14.5. The highest BCUT2D eigenvalue weighted by molar-refractivity contribution is 5.97. The maximum Gasteiger partial charge on any atom is 0.258 e. The molecule has 0 radical (unpaired) electrons. The SMILES string of the molecule is Cc1ccc(C(=O)N(Cc2ccccc2)C(C)C)c(O)c1. The highest BCUT2D eigenvalue weighted by Crippen LogP contribution is 2.22. The van der Waals surface area contributed by atoms with E-state index in [2.05, 4.69) is 0 Å². The lowest BCUT2D eigenvalue weighted by molar-refractivity contribution is 0.0687. The normalized spacial score (nSPS) is 10.7. The summed E-state index contributed by atoms with van der Waals surface area (Å²) in [7, 11) is 0. The molecule has 0 heterocycles. The van der Waals surface area contributed by atoms with Crippen LogP contribution in [-0.2, 0) is 6.54 Å². The molecule has 1 amide bonds. The lowest BCUT2D eigenvalue weighted by Gasteiger charge is -2.27. The van der Waals surface area contributed by atoms with Gasteiger partial charge in [0.05, 0.1) is 5.56 Å². The standard InChI is InChI=1S/C18H21NO2/c1-13(2)19(12-15-7-5-4-6-8-15)18(21)16-10-9-14(3)11-17(16)20/h4-11,13,20H,12H2,1-3H3. The summed E-state index contributed by atoms with van der Waals surface area (Å²) in [5.74, 6) is -0.106. The van der Waals surface area contributed by atoms with Gasteiger partial charge in [-0.15, -0.1) is 0 Å². The zero-order valence-corrected chi connectivity index (χ0v) is 12.7. The van der Waals surface area contributed by atoms with Gasteiger partial charge < -0.3 is 10.0 Å². The minimum absolute atomic E-state index is 0.0405. The maximum absolute atomic E-state index is 12.7. The molecular formula is C18H21NO2. The molecule has 0 aliphatic carbocycles. The van der Waals surface area contributed by atoms with Crippen LogP contribution in [0.25, 0.3) is 0 Å². The fourth-order valence-electron chi connectivity index (χ4n) is 2.25. The smallest absolute Gasteiger partial charge is 0.258 e. The van der Waals surface area contributed by atoms with Crippen LogP contribution in [0.4, 0.5) is 0 Å². The van der Waals surface area contributed by atoms with Gasteiger partial charge in [0.2, 0.25) is 0 Å². The highest BCUT2D eigenvalue weighted by Gasteiger charge is 2.21. The first-order valence-electron chi connectivity index (χ1n) is 7.13. The maximum atomic E-state index is 12.7. The Morgan fingerprint density at radius 2 is 1.81 bits per heavy atom. The van der Waals surface area contributed by atoms with Crippen LogP contribution in [0.3, 0.4) is 0 Å². The van der Waals surface area contributed by atoms with E-state index in [1.807, 2.05) is 57.2 Å². The second-order valence-electron chi connectivity index (χ2n) is 5.53. The third kappa shape index (κ3) is 3.63. The molecule has 2 rings (SSSR count). The molecule has 1 N–H and O–H groups in total. The number of hydrogen-bond donors (Lipinski definition) is 1. The van der Waals surface area contributed by atoms with Crippen molar-refractivity contribution >= 4 is 5.91 Å². The zero-order chi connectivity index (χ0) is 15.4. The molecule has 0 aliphatic rings. The molecule has 2 aromatic carbocycles. The van der Waals surface area contributed by atoms with Crippen molar-refractivity contribution in [3.63, 3.8) is 0 Å². The van der Waals surface area contributed by atoms with Crippen LogP contribution in [0.2, 0.25) is 0 Å². The van der Waals surface area contributed by atoms with Crippen molar-refractivity contribution in [3.05, 3.63) is 65.2 Å². The van der Waals surface area contributed by atoms with Crippen molar-refractivity contribution < 1.29 is 9.90 Å². The van der Waals surface area contributed by atoms with Gasteiger partial charge in [-0.2, -0.15) is 0 Å². The summed E-state index contributed by atoms with van der Waals surface area (Å²) in [6.45, 7) is 6.38. The van der Waals surface area contributed by atoms with Crippen molar-refractivity contribution in [2.75, 3.05) is 0 Å². The number of carbonyl (C=O) groups is 1. The number of phenols is 1. The zero-order valence-electron chi connectivity index (χ0n) is 12.7. The van der Waals surface area contributed by atoms with Gasteiger partial charge in [0.25, 0.3) is 5.91 Å². The van der Waals surface area contributed by atoms with Gasteiger partial charge in [-0.25, -0.2) is 0 Å². The van der Waals surface area contributed by atoms with Crippen molar-refractivity contribution in [1.29, 1.82) is 0 Å². The van der Waals surface area contributed by atoms with Gasteiger partial charge in [0.15, 0.2) is 0 Å². The van der Waals surface area contributed by atoms with Crippen molar-refractivity contribution in [2.24, 2.45) is 0 Å². The molecule has 110 valence electrons. The molecule has 0 spiro atoms. The van der Waals surface area contributed by atoms with Gasteiger partial charge >= 0.3 is 0 Å². The predicted molar refractivity (Wildman–Crippen MR) is 84.3 cm³/mol. The van der Waals surface area contributed by atoms with Crippen molar-refractivity contribution in [1.82, 2.24) is 4.90 Å². The first-order valence-corrected chi connectivity index (χ1v) is 7.13. The Labute approximate surface area is 125 Å². The monoisotopic (exact) mass is 283 g/mol. The molecule has 0 saturated heterocycles. The fraction of sp³-hybridized carbons (Fsp3) is 0.278. The number of amides is 1. The topological polar surface area (TPSA) is 40.5 Å². The van der Waals surface area contributed by atoms with E-state index in [4.69, 9.17) is 0 Å². The second-order valence-corrected chi connectivity index (χ2v) is 5.53. The summed E-state index contributed by atoms with van der Waals surface area (Å²) in [5.41, 5.74) is 2.36. The van der Waals surface area contributed by atoms with E-state index >= 15 is 0 Å². The highest BCUT2D eigenvalue weighted by atomic mass is 16.3. The average molecular weight is 283 g/mol. The van der Waals surface area contributed by atoms with E-state index in [0.717, 1.165) is 11.1 Å². The van der Waals surface area contributed by atoms with Crippen LogP contribution >= 0.6 is 0 Å². The third-order valence-corrected chi connectivity index (χ3v) is 3.46. The Hall–Kier alpha value is -2.29. The van der Waals surface area contributed by atoms with Crippen LogP contribution in [0.5, 0.6) is 5.75 Å². The molecule has 0 fully saturated rings. The molecule has 3 nitrogen and oxygen atoms in total. The summed E-state index contributed by atoms with van der Waals surface area (Å²) in [5, 5.41) is 10.0. The number of phenolic OH excluding ortho intramolecular Hbond substituents is 1.